The van der Waals surface area contributed by atoms with Crippen LogP contribution in [-0.4, -0.2) is 44.3 Å². The number of urea groups is 1. The lowest BCUT2D eigenvalue weighted by Crippen LogP contribution is -2.48. The van der Waals surface area contributed by atoms with Crippen molar-refractivity contribution in [1.29, 1.82) is 0 Å². The van der Waals surface area contributed by atoms with Gasteiger partial charge in [-0.1, -0.05) is 31.2 Å². The molecule has 1 aromatic carbocycles. The number of aryl methyl sites for hydroxylation is 1. The van der Waals surface area contributed by atoms with E-state index < -0.39 is 12.0 Å². The Bertz CT molecular complexity index is 637. The molecule has 0 saturated heterocycles. The molecule has 2 rings (SSSR count). The maximum Gasteiger partial charge on any atom is 0.337 e. The van der Waals surface area contributed by atoms with Gasteiger partial charge in [0.05, 0.1) is 31.9 Å². The lowest BCUT2D eigenvalue weighted by atomic mass is 9.94. The van der Waals surface area contributed by atoms with Crippen LogP contribution < -0.4 is 5.32 Å². The van der Waals surface area contributed by atoms with Gasteiger partial charge in [0.25, 0.3) is 0 Å². The van der Waals surface area contributed by atoms with Crippen LogP contribution in [0.1, 0.15) is 31.0 Å². The maximum atomic E-state index is 12.4. The van der Waals surface area contributed by atoms with Crippen molar-refractivity contribution in [1.82, 2.24) is 10.2 Å². The molecule has 0 radical (unpaired) electrons. The predicted octanol–water partition coefficient (Wildman–Crippen LogP) is 2.41. The summed E-state index contributed by atoms with van der Waals surface area (Å²) in [5.74, 6) is -0.445. The Kier molecular flexibility index (Phi) is 5.98. The van der Waals surface area contributed by atoms with E-state index in [9.17, 15) is 9.59 Å². The SMILES string of the molecule is CCc1ccc(C2NC(=O)N(CCOC)C(C)=C2C(=O)OC)cc1. The molecule has 1 heterocycles. The number of esters is 1. The van der Waals surface area contributed by atoms with Crippen LogP contribution in [0.4, 0.5) is 4.79 Å². The second-order valence-corrected chi connectivity index (χ2v) is 5.61. The number of hydrogen-bond donors (Lipinski definition) is 1. The molecule has 24 heavy (non-hydrogen) atoms. The number of hydrogen-bond acceptors (Lipinski definition) is 4. The molecule has 1 aromatic rings. The number of rotatable bonds is 6. The number of methoxy groups -OCH3 is 2. The summed E-state index contributed by atoms with van der Waals surface area (Å²) in [7, 11) is 2.91. The summed E-state index contributed by atoms with van der Waals surface area (Å²) in [4.78, 5) is 26.3. The number of ether oxygens (including phenoxy) is 2. The van der Waals surface area contributed by atoms with E-state index in [2.05, 4.69) is 12.2 Å². The first-order chi connectivity index (χ1) is 11.5. The monoisotopic (exact) mass is 332 g/mol. The highest BCUT2D eigenvalue weighted by atomic mass is 16.5. The minimum atomic E-state index is -0.519. The van der Waals surface area contributed by atoms with Crippen molar-refractivity contribution in [3.63, 3.8) is 0 Å². The predicted molar refractivity (Wildman–Crippen MR) is 90.4 cm³/mol. The van der Waals surface area contributed by atoms with E-state index in [0.29, 0.717) is 24.4 Å². The smallest absolute Gasteiger partial charge is 0.337 e. The number of amides is 2. The molecule has 130 valence electrons. The fourth-order valence-corrected chi connectivity index (χ4v) is 2.80. The van der Waals surface area contributed by atoms with E-state index in [1.165, 1.54) is 17.6 Å². The van der Waals surface area contributed by atoms with E-state index in [1.807, 2.05) is 24.3 Å². The summed E-state index contributed by atoms with van der Waals surface area (Å²) in [6.07, 6.45) is 0.931. The highest BCUT2D eigenvalue weighted by Gasteiger charge is 2.35. The van der Waals surface area contributed by atoms with E-state index in [0.717, 1.165) is 12.0 Å². The number of carbonyl (C=O) groups is 2. The van der Waals surface area contributed by atoms with Crippen LogP contribution in [-0.2, 0) is 20.7 Å². The topological polar surface area (TPSA) is 67.9 Å². The molecule has 0 aromatic heterocycles. The zero-order valence-electron chi connectivity index (χ0n) is 14.6. The average Bonchev–Trinajstić information content (AvgIpc) is 2.60. The van der Waals surface area contributed by atoms with Crippen molar-refractivity contribution in [3.05, 3.63) is 46.7 Å². The summed E-state index contributed by atoms with van der Waals surface area (Å²) < 4.78 is 9.98. The van der Waals surface area contributed by atoms with Gasteiger partial charge in [-0.15, -0.1) is 0 Å². The van der Waals surface area contributed by atoms with Crippen LogP contribution in [0.3, 0.4) is 0 Å². The van der Waals surface area contributed by atoms with E-state index in [4.69, 9.17) is 9.47 Å². The average molecular weight is 332 g/mol. The lowest BCUT2D eigenvalue weighted by molar-refractivity contribution is -0.136. The Morgan fingerprint density at radius 1 is 1.25 bits per heavy atom. The van der Waals surface area contributed by atoms with E-state index in [1.54, 1.807) is 14.0 Å². The normalized spacial score (nSPS) is 17.8. The maximum absolute atomic E-state index is 12.4. The molecule has 1 aliphatic rings. The van der Waals surface area contributed by atoms with Crippen LogP contribution in [0.5, 0.6) is 0 Å². The van der Waals surface area contributed by atoms with Crippen molar-refractivity contribution >= 4 is 12.0 Å². The summed E-state index contributed by atoms with van der Waals surface area (Å²) in [5.41, 5.74) is 3.08. The molecular weight excluding hydrogens is 308 g/mol. The van der Waals surface area contributed by atoms with Gasteiger partial charge in [-0.25, -0.2) is 9.59 Å². The van der Waals surface area contributed by atoms with Gasteiger partial charge in [-0.05, 0) is 24.5 Å². The zero-order chi connectivity index (χ0) is 17.7. The lowest BCUT2D eigenvalue weighted by Gasteiger charge is -2.35. The number of nitrogens with one attached hydrogen (secondary N) is 1. The molecule has 6 nitrogen and oxygen atoms in total. The highest BCUT2D eigenvalue weighted by Crippen LogP contribution is 2.31. The molecule has 0 aliphatic carbocycles. The van der Waals surface area contributed by atoms with Crippen LogP contribution in [0.25, 0.3) is 0 Å². The Balaban J connectivity index is 2.43. The van der Waals surface area contributed by atoms with Gasteiger partial charge < -0.3 is 14.8 Å². The molecule has 2 amide bonds. The standard InChI is InChI=1S/C18H24N2O4/c1-5-13-6-8-14(9-7-13)16-15(17(21)24-4)12(2)20(10-11-23-3)18(22)19-16/h6-9,16H,5,10-11H2,1-4H3,(H,19,22). The third-order valence-corrected chi connectivity index (χ3v) is 4.24. The van der Waals surface area contributed by atoms with Crippen LogP contribution >= 0.6 is 0 Å². The third-order valence-electron chi connectivity index (χ3n) is 4.24. The highest BCUT2D eigenvalue weighted by molar-refractivity contribution is 5.95. The largest absolute Gasteiger partial charge is 0.466 e. The Labute approximate surface area is 142 Å². The van der Waals surface area contributed by atoms with Crippen molar-refractivity contribution in [2.45, 2.75) is 26.3 Å². The Hall–Kier alpha value is -2.34. The molecule has 1 atom stereocenters. The van der Waals surface area contributed by atoms with E-state index in [-0.39, 0.29) is 6.03 Å². The molecule has 0 bridgehead atoms. The van der Waals surface area contributed by atoms with Crippen LogP contribution in [0, 0.1) is 0 Å². The number of benzene rings is 1. The van der Waals surface area contributed by atoms with Gasteiger partial charge in [-0.3, -0.25) is 4.90 Å². The molecule has 0 saturated carbocycles. The van der Waals surface area contributed by atoms with Gasteiger partial charge in [0.1, 0.15) is 0 Å². The van der Waals surface area contributed by atoms with Crippen molar-refractivity contribution in [3.8, 4) is 0 Å². The second-order valence-electron chi connectivity index (χ2n) is 5.61. The Morgan fingerprint density at radius 3 is 2.46 bits per heavy atom. The Morgan fingerprint density at radius 2 is 1.92 bits per heavy atom. The summed E-state index contributed by atoms with van der Waals surface area (Å²) in [6.45, 7) is 4.59. The van der Waals surface area contributed by atoms with Gasteiger partial charge >= 0.3 is 12.0 Å². The number of allylic oxidation sites excluding steroid dienone is 1. The number of nitrogens with zero attached hydrogens (tertiary/aromatic N) is 1. The minimum absolute atomic E-state index is 0.248. The van der Waals surface area contributed by atoms with Gasteiger partial charge in [-0.2, -0.15) is 0 Å². The minimum Gasteiger partial charge on any atom is -0.466 e. The van der Waals surface area contributed by atoms with Crippen LogP contribution in [0.15, 0.2) is 35.5 Å². The molecule has 1 N–H and O–H groups in total. The van der Waals surface area contributed by atoms with Crippen molar-refractivity contribution in [2.75, 3.05) is 27.4 Å². The molecule has 6 heteroatoms. The molecular formula is C18H24N2O4. The second kappa shape index (κ2) is 7.97. The first-order valence-corrected chi connectivity index (χ1v) is 7.98. The fraction of sp³-hybridized carbons (Fsp3) is 0.444. The zero-order valence-corrected chi connectivity index (χ0v) is 14.6. The van der Waals surface area contributed by atoms with Gasteiger partial charge in [0, 0.05) is 12.8 Å². The van der Waals surface area contributed by atoms with Crippen molar-refractivity contribution in [2.24, 2.45) is 0 Å². The van der Waals surface area contributed by atoms with E-state index >= 15 is 0 Å². The molecule has 1 aliphatic heterocycles. The number of carbonyl (C=O) groups excluding carboxylic acids is 2. The first-order valence-electron chi connectivity index (χ1n) is 7.98. The third kappa shape index (κ3) is 3.59. The molecule has 0 fully saturated rings. The van der Waals surface area contributed by atoms with Gasteiger partial charge in [0.2, 0.25) is 0 Å². The van der Waals surface area contributed by atoms with Gasteiger partial charge in [0.15, 0.2) is 0 Å². The molecule has 1 unspecified atom stereocenters. The summed E-state index contributed by atoms with van der Waals surface area (Å²) >= 11 is 0. The first kappa shape index (κ1) is 18.0. The van der Waals surface area contributed by atoms with Crippen LogP contribution in [0.2, 0.25) is 0 Å². The fourth-order valence-electron chi connectivity index (χ4n) is 2.80. The summed E-state index contributed by atoms with van der Waals surface area (Å²) in [5, 5.41) is 2.90. The molecule has 0 spiro atoms. The quantitative estimate of drug-likeness (QED) is 0.812. The summed E-state index contributed by atoms with van der Waals surface area (Å²) in [6, 6.07) is 7.11. The van der Waals surface area contributed by atoms with Crippen molar-refractivity contribution < 1.29 is 19.1 Å².